The highest BCUT2D eigenvalue weighted by Crippen LogP contribution is 2.62. The van der Waals surface area contributed by atoms with E-state index in [-0.39, 0.29) is 22.9 Å². The molecule has 0 heterocycles. The Balaban J connectivity index is 2.02. The second kappa shape index (κ2) is 5.06. The number of carbonyl (C=O) groups is 1. The standard InChI is InChI=1S/C20H30O2/c1-5-18(2)12-9-15-14(17(18)22)7-8-16-19(3,13-21)10-6-11-20(15,16)4/h5,7,15-16,21H,1,6,8-13H2,2-4H3/t15-,16-,18-,19+,20+/m0/s1. The molecule has 2 fully saturated rings. The molecule has 3 rings (SSSR count). The molecule has 1 N–H and O–H groups in total. The first-order valence-corrected chi connectivity index (χ1v) is 8.80. The van der Waals surface area contributed by atoms with Crippen LogP contribution in [0.25, 0.3) is 0 Å². The van der Waals surface area contributed by atoms with Gasteiger partial charge in [-0.15, -0.1) is 6.58 Å². The maximum Gasteiger partial charge on any atom is 0.168 e. The number of fused-ring (bicyclic) bond motifs is 3. The summed E-state index contributed by atoms with van der Waals surface area (Å²) in [5.41, 5.74) is 0.866. The summed E-state index contributed by atoms with van der Waals surface area (Å²) < 4.78 is 0. The Kier molecular flexibility index (Phi) is 3.67. The van der Waals surface area contributed by atoms with Crippen LogP contribution in [0.4, 0.5) is 0 Å². The van der Waals surface area contributed by atoms with Crippen LogP contribution in [0.15, 0.2) is 24.3 Å². The maximum absolute atomic E-state index is 13.0. The molecule has 22 heavy (non-hydrogen) atoms. The maximum atomic E-state index is 13.0. The molecular formula is C20H30O2. The fraction of sp³-hybridized carbons (Fsp3) is 0.750. The fourth-order valence-corrected chi connectivity index (χ4v) is 5.74. The lowest BCUT2D eigenvalue weighted by Crippen LogP contribution is -2.54. The van der Waals surface area contributed by atoms with Gasteiger partial charge in [-0.05, 0) is 67.3 Å². The van der Waals surface area contributed by atoms with E-state index in [4.69, 9.17) is 0 Å². The second-order valence-corrected chi connectivity index (χ2v) is 8.66. The van der Waals surface area contributed by atoms with Gasteiger partial charge in [-0.1, -0.05) is 32.4 Å². The Morgan fingerprint density at radius 1 is 1.32 bits per heavy atom. The van der Waals surface area contributed by atoms with E-state index >= 15 is 0 Å². The van der Waals surface area contributed by atoms with E-state index in [0.29, 0.717) is 17.6 Å². The highest BCUT2D eigenvalue weighted by molar-refractivity contribution is 6.02. The number of ketones is 1. The molecule has 0 aromatic heterocycles. The molecule has 0 spiro atoms. The van der Waals surface area contributed by atoms with Gasteiger partial charge in [0.25, 0.3) is 0 Å². The summed E-state index contributed by atoms with van der Waals surface area (Å²) in [5.74, 6) is 1.17. The highest BCUT2D eigenvalue weighted by atomic mass is 16.3. The molecule has 2 saturated carbocycles. The number of aliphatic hydroxyl groups is 1. The van der Waals surface area contributed by atoms with Crippen molar-refractivity contribution in [3.05, 3.63) is 24.3 Å². The van der Waals surface area contributed by atoms with Gasteiger partial charge in [-0.3, -0.25) is 4.79 Å². The number of aliphatic hydroxyl groups excluding tert-OH is 1. The SMILES string of the molecule is C=C[C@@]1(C)CC[C@H]2C(=CC[C@H]3[C@@](C)(CO)CCC[C@]23C)C1=O. The number of allylic oxidation sites excluding steroid dienone is 3. The number of hydrogen-bond donors (Lipinski definition) is 1. The van der Waals surface area contributed by atoms with Crippen LogP contribution < -0.4 is 0 Å². The van der Waals surface area contributed by atoms with E-state index in [9.17, 15) is 9.90 Å². The summed E-state index contributed by atoms with van der Waals surface area (Å²) >= 11 is 0. The van der Waals surface area contributed by atoms with Crippen molar-refractivity contribution in [3.63, 3.8) is 0 Å². The summed E-state index contributed by atoms with van der Waals surface area (Å²) in [6, 6.07) is 0. The predicted octanol–water partition coefficient (Wildman–Crippen LogP) is 4.29. The largest absolute Gasteiger partial charge is 0.396 e. The van der Waals surface area contributed by atoms with Gasteiger partial charge < -0.3 is 5.11 Å². The van der Waals surface area contributed by atoms with Crippen LogP contribution in [0.2, 0.25) is 0 Å². The van der Waals surface area contributed by atoms with Crippen molar-refractivity contribution < 1.29 is 9.90 Å². The van der Waals surface area contributed by atoms with Gasteiger partial charge in [0, 0.05) is 12.0 Å². The van der Waals surface area contributed by atoms with Crippen molar-refractivity contribution in [3.8, 4) is 0 Å². The topological polar surface area (TPSA) is 37.3 Å². The third-order valence-electron chi connectivity index (χ3n) is 7.39. The summed E-state index contributed by atoms with van der Waals surface area (Å²) in [5, 5.41) is 9.97. The minimum atomic E-state index is -0.375. The first-order chi connectivity index (χ1) is 10.3. The summed E-state index contributed by atoms with van der Waals surface area (Å²) in [4.78, 5) is 13.0. The molecule has 2 nitrogen and oxygen atoms in total. The Hall–Kier alpha value is -0.890. The molecule has 0 aliphatic heterocycles. The lowest BCUT2D eigenvalue weighted by molar-refractivity contribution is -0.130. The van der Waals surface area contributed by atoms with Crippen LogP contribution in [0, 0.1) is 28.1 Å². The van der Waals surface area contributed by atoms with E-state index in [1.807, 2.05) is 13.0 Å². The lowest BCUT2D eigenvalue weighted by Gasteiger charge is -2.59. The molecule has 0 radical (unpaired) electrons. The molecule has 2 heteroatoms. The van der Waals surface area contributed by atoms with Gasteiger partial charge in [0.05, 0.1) is 0 Å². The summed E-state index contributed by atoms with van der Waals surface area (Å²) in [7, 11) is 0. The van der Waals surface area contributed by atoms with E-state index in [0.717, 1.165) is 31.3 Å². The normalized spacial score (nSPS) is 48.2. The summed E-state index contributed by atoms with van der Waals surface area (Å²) in [6.07, 6.45) is 10.5. The quantitative estimate of drug-likeness (QED) is 0.772. The molecule has 0 unspecified atom stereocenters. The predicted molar refractivity (Wildman–Crippen MR) is 89.4 cm³/mol. The Bertz CT molecular complexity index is 534. The van der Waals surface area contributed by atoms with Gasteiger partial charge in [0.15, 0.2) is 5.78 Å². The van der Waals surface area contributed by atoms with Crippen molar-refractivity contribution in [2.45, 2.75) is 59.3 Å². The Labute approximate surface area is 134 Å². The van der Waals surface area contributed by atoms with E-state index in [1.54, 1.807) is 0 Å². The first kappa shape index (κ1) is 16.0. The molecule has 0 aromatic carbocycles. The average molecular weight is 302 g/mol. The Morgan fingerprint density at radius 3 is 2.68 bits per heavy atom. The Morgan fingerprint density at radius 2 is 2.05 bits per heavy atom. The van der Waals surface area contributed by atoms with Crippen LogP contribution in [0.3, 0.4) is 0 Å². The van der Waals surface area contributed by atoms with Crippen molar-refractivity contribution in [2.75, 3.05) is 6.61 Å². The lowest BCUT2D eigenvalue weighted by atomic mass is 9.45. The zero-order chi connectivity index (χ0) is 16.2. The van der Waals surface area contributed by atoms with Crippen LogP contribution in [0.5, 0.6) is 0 Å². The van der Waals surface area contributed by atoms with Crippen molar-refractivity contribution in [1.82, 2.24) is 0 Å². The zero-order valence-electron chi connectivity index (χ0n) is 14.3. The number of rotatable bonds is 2. The van der Waals surface area contributed by atoms with Crippen molar-refractivity contribution >= 4 is 5.78 Å². The van der Waals surface area contributed by atoms with Gasteiger partial charge in [-0.2, -0.15) is 0 Å². The molecular weight excluding hydrogens is 272 g/mol. The molecule has 0 bridgehead atoms. The third kappa shape index (κ3) is 1.99. The monoisotopic (exact) mass is 302 g/mol. The molecule has 0 saturated heterocycles. The molecule has 0 amide bonds. The molecule has 3 aliphatic rings. The van der Waals surface area contributed by atoms with Crippen LogP contribution in [-0.2, 0) is 4.79 Å². The fourth-order valence-electron chi connectivity index (χ4n) is 5.74. The van der Waals surface area contributed by atoms with Crippen LogP contribution in [0.1, 0.15) is 59.3 Å². The van der Waals surface area contributed by atoms with Crippen molar-refractivity contribution in [2.24, 2.45) is 28.1 Å². The van der Waals surface area contributed by atoms with Crippen LogP contribution in [-0.4, -0.2) is 17.5 Å². The molecule has 122 valence electrons. The first-order valence-electron chi connectivity index (χ1n) is 8.80. The average Bonchev–Trinajstić information content (AvgIpc) is 2.51. The molecule has 5 atom stereocenters. The number of Topliss-reactive ketones (excluding diaryl/α,β-unsaturated/α-hetero) is 1. The van der Waals surface area contributed by atoms with Gasteiger partial charge in [0.2, 0.25) is 0 Å². The van der Waals surface area contributed by atoms with E-state index in [2.05, 4.69) is 26.5 Å². The third-order valence-corrected chi connectivity index (χ3v) is 7.39. The highest BCUT2D eigenvalue weighted by Gasteiger charge is 2.57. The van der Waals surface area contributed by atoms with Crippen LogP contribution >= 0.6 is 0 Å². The zero-order valence-corrected chi connectivity index (χ0v) is 14.3. The van der Waals surface area contributed by atoms with E-state index < -0.39 is 0 Å². The minimum Gasteiger partial charge on any atom is -0.396 e. The molecule has 3 aliphatic carbocycles. The number of carbonyl (C=O) groups excluding carboxylic acids is 1. The molecule has 0 aromatic rings. The second-order valence-electron chi connectivity index (χ2n) is 8.66. The van der Waals surface area contributed by atoms with Gasteiger partial charge in [0.1, 0.15) is 0 Å². The summed E-state index contributed by atoms with van der Waals surface area (Å²) in [6.45, 7) is 10.8. The smallest absolute Gasteiger partial charge is 0.168 e. The minimum absolute atomic E-state index is 0.0112. The van der Waals surface area contributed by atoms with E-state index in [1.165, 1.54) is 12.8 Å². The number of hydrogen-bond acceptors (Lipinski definition) is 2. The van der Waals surface area contributed by atoms with Gasteiger partial charge in [-0.25, -0.2) is 0 Å². The van der Waals surface area contributed by atoms with Gasteiger partial charge >= 0.3 is 0 Å². The van der Waals surface area contributed by atoms with Crippen molar-refractivity contribution in [1.29, 1.82) is 0 Å².